The molecule has 2 heterocycles. The van der Waals surface area contributed by atoms with E-state index in [-0.39, 0.29) is 0 Å². The maximum absolute atomic E-state index is 3.77. The third kappa shape index (κ3) is 2.32. The van der Waals surface area contributed by atoms with Crippen LogP contribution in [0.1, 0.15) is 26.2 Å². The first kappa shape index (κ1) is 13.1. The van der Waals surface area contributed by atoms with Crippen LogP contribution >= 0.6 is 0 Å². The number of nitrogens with one attached hydrogen (secondary N) is 1. The summed E-state index contributed by atoms with van der Waals surface area (Å²) in [4.78, 5) is 2.58. The molecule has 2 aromatic rings. The molecule has 110 valence electrons. The van der Waals surface area contributed by atoms with Gasteiger partial charge in [0.2, 0.25) is 0 Å². The summed E-state index contributed by atoms with van der Waals surface area (Å²) in [5, 5.41) is 6.50. The molecule has 2 nitrogen and oxygen atoms in total. The summed E-state index contributed by atoms with van der Waals surface area (Å²) < 4.78 is 0. The highest BCUT2D eigenvalue weighted by atomic mass is 15.1. The second kappa shape index (κ2) is 5.34. The standard InChI is InChI=1S/C19H24N2/c1-2-21(13-15-12-16-10-11-18(15)20-16)19-9-5-7-14-6-3-4-8-17(14)19/h3-9,15-16,18,20H,2,10-13H2,1H3. The molecular weight excluding hydrogens is 256 g/mol. The fraction of sp³-hybridized carbons (Fsp3) is 0.474. The minimum Gasteiger partial charge on any atom is -0.371 e. The monoisotopic (exact) mass is 280 g/mol. The minimum atomic E-state index is 0.763. The summed E-state index contributed by atoms with van der Waals surface area (Å²) in [6.07, 6.45) is 4.13. The normalized spacial score (nSPS) is 27.4. The van der Waals surface area contributed by atoms with Gasteiger partial charge in [-0.1, -0.05) is 36.4 Å². The number of rotatable bonds is 4. The Labute approximate surface area is 127 Å². The molecule has 2 aliphatic heterocycles. The van der Waals surface area contributed by atoms with Crippen molar-refractivity contribution in [2.24, 2.45) is 5.92 Å². The zero-order valence-corrected chi connectivity index (χ0v) is 12.8. The van der Waals surface area contributed by atoms with Gasteiger partial charge in [0, 0.05) is 36.2 Å². The van der Waals surface area contributed by atoms with Crippen LogP contribution in [0.3, 0.4) is 0 Å². The highest BCUT2D eigenvalue weighted by Gasteiger charge is 2.39. The van der Waals surface area contributed by atoms with E-state index in [1.165, 1.54) is 42.3 Å². The smallest absolute Gasteiger partial charge is 0.0445 e. The molecule has 4 rings (SSSR count). The average molecular weight is 280 g/mol. The van der Waals surface area contributed by atoms with Crippen molar-refractivity contribution >= 4 is 16.5 Å². The Balaban J connectivity index is 1.62. The molecule has 3 unspecified atom stereocenters. The van der Waals surface area contributed by atoms with Gasteiger partial charge in [0.15, 0.2) is 0 Å². The van der Waals surface area contributed by atoms with Crippen LogP contribution < -0.4 is 10.2 Å². The Morgan fingerprint density at radius 1 is 1.10 bits per heavy atom. The molecule has 2 aliphatic rings. The van der Waals surface area contributed by atoms with E-state index in [2.05, 4.69) is 59.6 Å². The highest BCUT2D eigenvalue weighted by Crippen LogP contribution is 2.35. The van der Waals surface area contributed by atoms with Crippen LogP contribution in [-0.2, 0) is 0 Å². The third-order valence-electron chi connectivity index (χ3n) is 5.38. The Hall–Kier alpha value is -1.54. The second-order valence-corrected chi connectivity index (χ2v) is 6.58. The first-order chi connectivity index (χ1) is 10.3. The van der Waals surface area contributed by atoms with E-state index >= 15 is 0 Å². The fourth-order valence-corrected chi connectivity index (χ4v) is 4.30. The summed E-state index contributed by atoms with van der Waals surface area (Å²) in [6.45, 7) is 4.56. The topological polar surface area (TPSA) is 15.3 Å². The number of anilines is 1. The number of hydrogen-bond donors (Lipinski definition) is 1. The van der Waals surface area contributed by atoms with Gasteiger partial charge in [-0.15, -0.1) is 0 Å². The van der Waals surface area contributed by atoms with Crippen LogP contribution in [0.4, 0.5) is 5.69 Å². The van der Waals surface area contributed by atoms with Crippen molar-refractivity contribution in [3.05, 3.63) is 42.5 Å². The van der Waals surface area contributed by atoms with Gasteiger partial charge in [0.25, 0.3) is 0 Å². The predicted molar refractivity (Wildman–Crippen MR) is 89.9 cm³/mol. The van der Waals surface area contributed by atoms with Crippen molar-refractivity contribution < 1.29 is 0 Å². The Morgan fingerprint density at radius 3 is 2.71 bits per heavy atom. The zero-order valence-electron chi connectivity index (χ0n) is 12.8. The number of nitrogens with zero attached hydrogens (tertiary/aromatic N) is 1. The van der Waals surface area contributed by atoms with Gasteiger partial charge < -0.3 is 10.2 Å². The third-order valence-corrected chi connectivity index (χ3v) is 5.38. The maximum Gasteiger partial charge on any atom is 0.0445 e. The van der Waals surface area contributed by atoms with E-state index in [4.69, 9.17) is 0 Å². The number of fused-ring (bicyclic) bond motifs is 3. The number of benzene rings is 2. The van der Waals surface area contributed by atoms with E-state index < -0.39 is 0 Å². The summed E-state index contributed by atoms with van der Waals surface area (Å²) in [7, 11) is 0. The van der Waals surface area contributed by atoms with Crippen molar-refractivity contribution in [3.8, 4) is 0 Å². The first-order valence-corrected chi connectivity index (χ1v) is 8.34. The average Bonchev–Trinajstić information content (AvgIpc) is 3.15. The van der Waals surface area contributed by atoms with Crippen LogP contribution in [0, 0.1) is 5.92 Å². The van der Waals surface area contributed by atoms with Crippen molar-refractivity contribution in [2.45, 2.75) is 38.3 Å². The van der Waals surface area contributed by atoms with Crippen LogP contribution in [0.2, 0.25) is 0 Å². The molecule has 0 amide bonds. The lowest BCUT2D eigenvalue weighted by molar-refractivity contribution is 0.405. The SMILES string of the molecule is CCN(CC1CC2CCC1N2)c1cccc2ccccc12. The molecule has 0 aromatic heterocycles. The van der Waals surface area contributed by atoms with Gasteiger partial charge in [-0.2, -0.15) is 0 Å². The molecule has 2 aromatic carbocycles. The molecule has 0 saturated carbocycles. The van der Waals surface area contributed by atoms with Crippen molar-refractivity contribution in [1.29, 1.82) is 0 Å². The van der Waals surface area contributed by atoms with Crippen molar-refractivity contribution in [2.75, 3.05) is 18.0 Å². The van der Waals surface area contributed by atoms with E-state index in [1.807, 2.05) is 0 Å². The van der Waals surface area contributed by atoms with Crippen LogP contribution in [0.5, 0.6) is 0 Å². The van der Waals surface area contributed by atoms with E-state index in [0.717, 1.165) is 24.5 Å². The van der Waals surface area contributed by atoms with E-state index in [9.17, 15) is 0 Å². The molecule has 21 heavy (non-hydrogen) atoms. The van der Waals surface area contributed by atoms with Gasteiger partial charge >= 0.3 is 0 Å². The fourth-order valence-electron chi connectivity index (χ4n) is 4.30. The molecule has 2 heteroatoms. The molecular formula is C19H24N2. The molecule has 0 aliphatic carbocycles. The van der Waals surface area contributed by atoms with Crippen molar-refractivity contribution in [1.82, 2.24) is 5.32 Å². The number of hydrogen-bond acceptors (Lipinski definition) is 2. The van der Waals surface area contributed by atoms with Gasteiger partial charge in [-0.25, -0.2) is 0 Å². The quantitative estimate of drug-likeness (QED) is 0.916. The Bertz CT molecular complexity index is 631. The van der Waals surface area contributed by atoms with Crippen LogP contribution in [-0.4, -0.2) is 25.2 Å². The highest BCUT2D eigenvalue weighted by molar-refractivity contribution is 5.94. The van der Waals surface area contributed by atoms with Gasteiger partial charge in [-0.3, -0.25) is 0 Å². The van der Waals surface area contributed by atoms with Crippen LogP contribution in [0.25, 0.3) is 10.8 Å². The second-order valence-electron chi connectivity index (χ2n) is 6.58. The van der Waals surface area contributed by atoms with Gasteiger partial charge in [0.1, 0.15) is 0 Å². The summed E-state index contributed by atoms with van der Waals surface area (Å²) in [5.41, 5.74) is 1.40. The Kier molecular flexibility index (Phi) is 3.34. The predicted octanol–water partition coefficient (Wildman–Crippen LogP) is 3.81. The molecule has 2 bridgehead atoms. The van der Waals surface area contributed by atoms with Gasteiger partial charge in [-0.05, 0) is 43.6 Å². The van der Waals surface area contributed by atoms with Crippen LogP contribution in [0.15, 0.2) is 42.5 Å². The Morgan fingerprint density at radius 2 is 1.95 bits per heavy atom. The summed E-state index contributed by atoms with van der Waals surface area (Å²) >= 11 is 0. The first-order valence-electron chi connectivity index (χ1n) is 8.34. The molecule has 2 saturated heterocycles. The lowest BCUT2D eigenvalue weighted by Gasteiger charge is -2.31. The zero-order chi connectivity index (χ0) is 14.2. The van der Waals surface area contributed by atoms with Crippen molar-refractivity contribution in [3.63, 3.8) is 0 Å². The van der Waals surface area contributed by atoms with Gasteiger partial charge in [0.05, 0.1) is 0 Å². The summed E-state index contributed by atoms with van der Waals surface area (Å²) in [5.74, 6) is 0.822. The molecule has 2 fully saturated rings. The lowest BCUT2D eigenvalue weighted by Crippen LogP contribution is -2.35. The lowest BCUT2D eigenvalue weighted by atomic mass is 9.88. The molecule has 3 atom stereocenters. The summed E-state index contributed by atoms with van der Waals surface area (Å²) in [6, 6.07) is 17.0. The largest absolute Gasteiger partial charge is 0.371 e. The molecule has 0 spiro atoms. The maximum atomic E-state index is 3.77. The van der Waals surface area contributed by atoms with E-state index in [0.29, 0.717) is 0 Å². The van der Waals surface area contributed by atoms with E-state index in [1.54, 1.807) is 0 Å². The molecule has 0 radical (unpaired) electrons. The molecule has 1 N–H and O–H groups in total. The minimum absolute atomic E-state index is 0.763.